The first kappa shape index (κ1) is 12.6. The predicted octanol–water partition coefficient (Wildman–Crippen LogP) is 4.64. The summed E-state index contributed by atoms with van der Waals surface area (Å²) in [6, 6.07) is 6.70. The molecule has 0 radical (unpaired) electrons. The van der Waals surface area contributed by atoms with Gasteiger partial charge in [0, 0.05) is 5.38 Å². The van der Waals surface area contributed by atoms with Crippen LogP contribution in [0.2, 0.25) is 0 Å². The molecule has 1 aromatic carbocycles. The smallest absolute Gasteiger partial charge is 0.0339 e. The van der Waals surface area contributed by atoms with Gasteiger partial charge in [-0.15, -0.1) is 11.6 Å². The molecule has 1 heteroatoms. The topological polar surface area (TPSA) is 0 Å². The van der Waals surface area contributed by atoms with E-state index in [1.807, 2.05) is 0 Å². The number of benzene rings is 1. The van der Waals surface area contributed by atoms with Gasteiger partial charge in [-0.1, -0.05) is 31.5 Å². The molecule has 0 aliphatic rings. The minimum atomic E-state index is 0.344. The summed E-state index contributed by atoms with van der Waals surface area (Å²) in [4.78, 5) is 0. The van der Waals surface area contributed by atoms with Crippen molar-refractivity contribution in [3.05, 3.63) is 34.9 Å². The van der Waals surface area contributed by atoms with Crippen LogP contribution in [0.4, 0.5) is 0 Å². The van der Waals surface area contributed by atoms with Gasteiger partial charge in [0.25, 0.3) is 0 Å². The lowest BCUT2D eigenvalue weighted by molar-refractivity contribution is 0.675. The van der Waals surface area contributed by atoms with Crippen molar-refractivity contribution >= 4 is 11.6 Å². The zero-order chi connectivity index (χ0) is 11.3. The van der Waals surface area contributed by atoms with Crippen molar-refractivity contribution in [2.24, 2.45) is 0 Å². The second-order valence-electron chi connectivity index (χ2n) is 4.34. The molecule has 0 saturated heterocycles. The Hall–Kier alpha value is -0.490. The Labute approximate surface area is 98.7 Å². The molecular weight excluding hydrogens is 204 g/mol. The summed E-state index contributed by atoms with van der Waals surface area (Å²) in [7, 11) is 0. The quantitative estimate of drug-likeness (QED) is 0.639. The summed E-state index contributed by atoms with van der Waals surface area (Å²) in [6.07, 6.45) is 4.51. The van der Waals surface area contributed by atoms with Crippen LogP contribution < -0.4 is 0 Å². The second kappa shape index (κ2) is 6.17. The molecule has 0 saturated carbocycles. The minimum absolute atomic E-state index is 0.344. The number of halogens is 1. The zero-order valence-corrected chi connectivity index (χ0v) is 10.8. The molecule has 0 heterocycles. The molecular formula is C14H21Cl. The highest BCUT2D eigenvalue weighted by Gasteiger charge is 2.04. The van der Waals surface area contributed by atoms with Crippen LogP contribution in [0.1, 0.15) is 42.9 Å². The van der Waals surface area contributed by atoms with E-state index in [-0.39, 0.29) is 0 Å². The summed E-state index contributed by atoms with van der Waals surface area (Å²) < 4.78 is 0. The average molecular weight is 225 g/mol. The molecule has 1 atom stereocenters. The van der Waals surface area contributed by atoms with Gasteiger partial charge < -0.3 is 0 Å². The highest BCUT2D eigenvalue weighted by Crippen LogP contribution is 2.16. The number of alkyl halides is 1. The third-order valence-electron chi connectivity index (χ3n) is 2.92. The fraction of sp³-hybridized carbons (Fsp3) is 0.571. The van der Waals surface area contributed by atoms with Crippen LogP contribution in [0, 0.1) is 13.8 Å². The van der Waals surface area contributed by atoms with Gasteiger partial charge in [-0.05, 0) is 49.8 Å². The molecule has 0 aromatic heterocycles. The summed E-state index contributed by atoms with van der Waals surface area (Å²) >= 11 is 6.20. The van der Waals surface area contributed by atoms with Gasteiger partial charge in [0.15, 0.2) is 0 Å². The highest BCUT2D eigenvalue weighted by molar-refractivity contribution is 6.20. The van der Waals surface area contributed by atoms with Gasteiger partial charge in [0.05, 0.1) is 0 Å². The first-order valence-electron chi connectivity index (χ1n) is 5.83. The molecule has 0 aliphatic heterocycles. The number of hydrogen-bond acceptors (Lipinski definition) is 0. The molecule has 0 aliphatic carbocycles. The highest BCUT2D eigenvalue weighted by atomic mass is 35.5. The minimum Gasteiger partial charge on any atom is -0.123 e. The van der Waals surface area contributed by atoms with Crippen LogP contribution in [0.25, 0.3) is 0 Å². The third kappa shape index (κ3) is 4.25. The normalized spacial score (nSPS) is 12.8. The third-order valence-corrected chi connectivity index (χ3v) is 3.36. The van der Waals surface area contributed by atoms with Gasteiger partial charge in [0.1, 0.15) is 0 Å². The lowest BCUT2D eigenvalue weighted by atomic mass is 10.0. The monoisotopic (exact) mass is 224 g/mol. The summed E-state index contributed by atoms with van der Waals surface area (Å²) in [5, 5.41) is 0.344. The Kier molecular flexibility index (Phi) is 5.17. The maximum absolute atomic E-state index is 6.20. The van der Waals surface area contributed by atoms with Crippen molar-refractivity contribution in [2.75, 3.05) is 0 Å². The van der Waals surface area contributed by atoms with Crippen LogP contribution in [-0.4, -0.2) is 5.38 Å². The number of aryl methyl sites for hydroxylation is 3. The first-order valence-corrected chi connectivity index (χ1v) is 6.27. The van der Waals surface area contributed by atoms with Crippen LogP contribution in [0.5, 0.6) is 0 Å². The maximum Gasteiger partial charge on any atom is 0.0339 e. The van der Waals surface area contributed by atoms with E-state index in [9.17, 15) is 0 Å². The van der Waals surface area contributed by atoms with E-state index in [2.05, 4.69) is 39.0 Å². The van der Waals surface area contributed by atoms with E-state index in [1.165, 1.54) is 23.1 Å². The Morgan fingerprint density at radius 3 is 2.47 bits per heavy atom. The van der Waals surface area contributed by atoms with Gasteiger partial charge in [-0.2, -0.15) is 0 Å². The Morgan fingerprint density at radius 2 is 1.87 bits per heavy atom. The lowest BCUT2D eigenvalue weighted by Gasteiger charge is -2.09. The van der Waals surface area contributed by atoms with Gasteiger partial charge in [-0.25, -0.2) is 0 Å². The van der Waals surface area contributed by atoms with E-state index in [0.717, 1.165) is 19.3 Å². The molecule has 84 valence electrons. The molecule has 0 fully saturated rings. The summed E-state index contributed by atoms with van der Waals surface area (Å²) in [5.74, 6) is 0. The Balaban J connectivity index is 2.47. The van der Waals surface area contributed by atoms with E-state index < -0.39 is 0 Å². The van der Waals surface area contributed by atoms with E-state index in [0.29, 0.717) is 5.38 Å². The molecule has 0 N–H and O–H groups in total. The molecule has 15 heavy (non-hydrogen) atoms. The molecule has 1 rings (SSSR count). The number of hydrogen-bond donors (Lipinski definition) is 0. The maximum atomic E-state index is 6.20. The van der Waals surface area contributed by atoms with E-state index >= 15 is 0 Å². The summed E-state index contributed by atoms with van der Waals surface area (Å²) in [5.41, 5.74) is 4.17. The largest absolute Gasteiger partial charge is 0.123 e. The lowest BCUT2D eigenvalue weighted by Crippen LogP contribution is -2.00. The Bertz CT molecular complexity index is 304. The van der Waals surface area contributed by atoms with E-state index in [1.54, 1.807) is 0 Å². The standard InChI is InChI=1S/C14H21Cl/c1-4-5-14(15)9-8-13-7-6-11(2)12(3)10-13/h6-7,10,14H,4-5,8-9H2,1-3H3. The van der Waals surface area contributed by atoms with Crippen LogP contribution in [-0.2, 0) is 6.42 Å². The van der Waals surface area contributed by atoms with Gasteiger partial charge in [-0.3, -0.25) is 0 Å². The van der Waals surface area contributed by atoms with Crippen molar-refractivity contribution in [2.45, 2.75) is 51.8 Å². The number of rotatable bonds is 5. The average Bonchev–Trinajstić information content (AvgIpc) is 2.20. The molecule has 0 amide bonds. The SMILES string of the molecule is CCCC(Cl)CCc1ccc(C)c(C)c1. The summed E-state index contributed by atoms with van der Waals surface area (Å²) in [6.45, 7) is 6.51. The first-order chi connectivity index (χ1) is 7.13. The molecule has 1 unspecified atom stereocenters. The molecule has 0 nitrogen and oxygen atoms in total. The van der Waals surface area contributed by atoms with Crippen LogP contribution in [0.3, 0.4) is 0 Å². The van der Waals surface area contributed by atoms with E-state index in [4.69, 9.17) is 11.6 Å². The Morgan fingerprint density at radius 1 is 1.13 bits per heavy atom. The molecule has 1 aromatic rings. The predicted molar refractivity (Wildman–Crippen MR) is 68.8 cm³/mol. The second-order valence-corrected chi connectivity index (χ2v) is 4.96. The van der Waals surface area contributed by atoms with Crippen molar-refractivity contribution in [1.82, 2.24) is 0 Å². The van der Waals surface area contributed by atoms with Gasteiger partial charge in [0.2, 0.25) is 0 Å². The fourth-order valence-corrected chi connectivity index (χ4v) is 2.07. The molecule has 0 bridgehead atoms. The van der Waals surface area contributed by atoms with Gasteiger partial charge >= 0.3 is 0 Å². The van der Waals surface area contributed by atoms with Crippen molar-refractivity contribution in [3.8, 4) is 0 Å². The van der Waals surface area contributed by atoms with Crippen LogP contribution >= 0.6 is 11.6 Å². The molecule has 0 spiro atoms. The van der Waals surface area contributed by atoms with Crippen molar-refractivity contribution in [3.63, 3.8) is 0 Å². The zero-order valence-electron chi connectivity index (χ0n) is 10.0. The van der Waals surface area contributed by atoms with Crippen molar-refractivity contribution in [1.29, 1.82) is 0 Å². The van der Waals surface area contributed by atoms with Crippen molar-refractivity contribution < 1.29 is 0 Å². The van der Waals surface area contributed by atoms with Crippen LogP contribution in [0.15, 0.2) is 18.2 Å². The fourth-order valence-electron chi connectivity index (χ4n) is 1.74.